The Kier molecular flexibility index (Phi) is 2.58. The Labute approximate surface area is 113 Å². The Bertz CT molecular complexity index is 468. The van der Waals surface area contributed by atoms with Crippen molar-refractivity contribution in [2.75, 3.05) is 7.11 Å². The van der Waals surface area contributed by atoms with E-state index in [1.54, 1.807) is 7.11 Å². The van der Waals surface area contributed by atoms with Crippen LogP contribution in [-0.2, 0) is 15.9 Å². The lowest BCUT2D eigenvalue weighted by molar-refractivity contribution is -0.0925. The van der Waals surface area contributed by atoms with E-state index in [1.807, 2.05) is 12.1 Å². The highest BCUT2D eigenvalue weighted by molar-refractivity contribution is 6.30. The molecule has 3 rings (SSSR count). The molecule has 18 heavy (non-hydrogen) atoms. The zero-order valence-electron chi connectivity index (χ0n) is 11.1. The molecule has 1 aromatic rings. The van der Waals surface area contributed by atoms with Crippen molar-refractivity contribution in [2.45, 2.75) is 44.5 Å². The SMILES string of the molecule is COC12OC1(Cc1ccc(Cl)cc1)CCC2(C)C. The largest absolute Gasteiger partial charge is 0.350 e. The minimum absolute atomic E-state index is 0.0914. The molecule has 0 amide bonds. The third-order valence-electron chi connectivity index (χ3n) is 4.63. The summed E-state index contributed by atoms with van der Waals surface area (Å²) in [6.07, 6.45) is 3.12. The van der Waals surface area contributed by atoms with Gasteiger partial charge in [0.05, 0.1) is 0 Å². The van der Waals surface area contributed by atoms with Gasteiger partial charge in [-0.15, -0.1) is 0 Å². The number of methoxy groups -OCH3 is 1. The van der Waals surface area contributed by atoms with Crippen LogP contribution in [0.15, 0.2) is 24.3 Å². The summed E-state index contributed by atoms with van der Waals surface area (Å²) in [6, 6.07) is 8.02. The van der Waals surface area contributed by atoms with Gasteiger partial charge in [-0.1, -0.05) is 37.6 Å². The van der Waals surface area contributed by atoms with Gasteiger partial charge in [-0.2, -0.15) is 0 Å². The predicted octanol–water partition coefficient (Wildman–Crippen LogP) is 3.81. The van der Waals surface area contributed by atoms with Crippen molar-refractivity contribution in [1.82, 2.24) is 0 Å². The molecule has 1 aliphatic heterocycles. The lowest BCUT2D eigenvalue weighted by atomic mass is 9.85. The summed E-state index contributed by atoms with van der Waals surface area (Å²) in [5, 5.41) is 0.776. The van der Waals surface area contributed by atoms with Crippen LogP contribution in [0.3, 0.4) is 0 Å². The van der Waals surface area contributed by atoms with Gasteiger partial charge in [0.25, 0.3) is 0 Å². The van der Waals surface area contributed by atoms with E-state index in [0.29, 0.717) is 0 Å². The molecule has 2 nitrogen and oxygen atoms in total. The summed E-state index contributed by atoms with van der Waals surface area (Å²) >= 11 is 5.92. The van der Waals surface area contributed by atoms with Gasteiger partial charge in [-0.25, -0.2) is 0 Å². The van der Waals surface area contributed by atoms with Crippen molar-refractivity contribution in [3.8, 4) is 0 Å². The number of benzene rings is 1. The third kappa shape index (κ3) is 1.49. The lowest BCUT2D eigenvalue weighted by Crippen LogP contribution is -2.35. The maximum Gasteiger partial charge on any atom is 0.203 e. The van der Waals surface area contributed by atoms with Crippen molar-refractivity contribution < 1.29 is 9.47 Å². The van der Waals surface area contributed by atoms with E-state index in [9.17, 15) is 0 Å². The maximum atomic E-state index is 6.07. The standard InChI is InChI=1S/C15H19ClO2/c1-13(2)8-9-14(15(13,17-3)18-14)10-11-4-6-12(16)7-5-11/h4-7H,8-10H2,1-3H3. The van der Waals surface area contributed by atoms with E-state index < -0.39 is 0 Å². The van der Waals surface area contributed by atoms with Crippen LogP contribution in [0.5, 0.6) is 0 Å². The highest BCUT2D eigenvalue weighted by atomic mass is 35.5. The van der Waals surface area contributed by atoms with Crippen LogP contribution < -0.4 is 0 Å². The molecule has 2 aliphatic rings. The molecular weight excluding hydrogens is 248 g/mol. The first-order valence-electron chi connectivity index (χ1n) is 6.45. The van der Waals surface area contributed by atoms with Gasteiger partial charge >= 0.3 is 0 Å². The first-order valence-corrected chi connectivity index (χ1v) is 6.82. The van der Waals surface area contributed by atoms with Crippen molar-refractivity contribution >= 4 is 11.6 Å². The molecular formula is C15H19ClO2. The van der Waals surface area contributed by atoms with Crippen molar-refractivity contribution in [1.29, 1.82) is 0 Å². The number of epoxide rings is 1. The normalized spacial score (nSPS) is 36.4. The molecule has 1 aliphatic carbocycles. The third-order valence-corrected chi connectivity index (χ3v) is 4.88. The molecule has 1 heterocycles. The zero-order chi connectivity index (χ0) is 13.0. The van der Waals surface area contributed by atoms with Crippen LogP contribution in [0.1, 0.15) is 32.3 Å². The molecule has 0 bridgehead atoms. The van der Waals surface area contributed by atoms with Crippen LogP contribution in [0.4, 0.5) is 0 Å². The zero-order valence-corrected chi connectivity index (χ0v) is 11.9. The van der Waals surface area contributed by atoms with E-state index in [2.05, 4.69) is 26.0 Å². The Balaban J connectivity index is 1.85. The molecule has 3 heteroatoms. The molecule has 1 saturated heterocycles. The topological polar surface area (TPSA) is 21.8 Å². The smallest absolute Gasteiger partial charge is 0.203 e. The molecule has 2 fully saturated rings. The quantitative estimate of drug-likeness (QED) is 0.776. The maximum absolute atomic E-state index is 6.07. The monoisotopic (exact) mass is 266 g/mol. The molecule has 2 unspecified atom stereocenters. The lowest BCUT2D eigenvalue weighted by Gasteiger charge is -2.26. The van der Waals surface area contributed by atoms with E-state index in [0.717, 1.165) is 24.3 Å². The van der Waals surface area contributed by atoms with Crippen molar-refractivity contribution in [2.24, 2.45) is 5.41 Å². The summed E-state index contributed by atoms with van der Waals surface area (Å²) in [5.74, 6) is -0.389. The number of halogens is 1. The van der Waals surface area contributed by atoms with Crippen LogP contribution in [-0.4, -0.2) is 18.5 Å². The fourth-order valence-corrected chi connectivity index (χ4v) is 3.70. The highest BCUT2D eigenvalue weighted by Gasteiger charge is 2.80. The number of hydrogen-bond donors (Lipinski definition) is 0. The van der Waals surface area contributed by atoms with Crippen LogP contribution in [0, 0.1) is 5.41 Å². The van der Waals surface area contributed by atoms with Gasteiger partial charge in [-0.05, 0) is 30.5 Å². The molecule has 1 aromatic carbocycles. The molecule has 0 spiro atoms. The fraction of sp³-hybridized carbons (Fsp3) is 0.600. The predicted molar refractivity (Wildman–Crippen MR) is 71.7 cm³/mol. The van der Waals surface area contributed by atoms with Gasteiger partial charge in [0, 0.05) is 24.0 Å². The van der Waals surface area contributed by atoms with E-state index in [-0.39, 0.29) is 16.8 Å². The van der Waals surface area contributed by atoms with Gasteiger partial charge in [0.15, 0.2) is 0 Å². The first kappa shape index (κ1) is 12.5. The summed E-state index contributed by atoms with van der Waals surface area (Å²) in [7, 11) is 1.76. The second-order valence-corrected chi connectivity index (χ2v) is 6.54. The van der Waals surface area contributed by atoms with Crippen molar-refractivity contribution in [3.63, 3.8) is 0 Å². The van der Waals surface area contributed by atoms with E-state index in [4.69, 9.17) is 21.1 Å². The Morgan fingerprint density at radius 3 is 2.44 bits per heavy atom. The number of rotatable bonds is 3. The molecule has 2 atom stereocenters. The van der Waals surface area contributed by atoms with Crippen LogP contribution in [0.2, 0.25) is 5.02 Å². The fourth-order valence-electron chi connectivity index (χ4n) is 3.58. The molecule has 0 N–H and O–H groups in total. The molecule has 0 radical (unpaired) electrons. The second-order valence-electron chi connectivity index (χ2n) is 6.10. The summed E-state index contributed by atoms with van der Waals surface area (Å²) < 4.78 is 11.8. The van der Waals surface area contributed by atoms with Crippen LogP contribution in [0.25, 0.3) is 0 Å². The number of fused-ring (bicyclic) bond motifs is 1. The summed E-state index contributed by atoms with van der Waals surface area (Å²) in [6.45, 7) is 4.46. The van der Waals surface area contributed by atoms with E-state index in [1.165, 1.54) is 5.56 Å². The highest BCUT2D eigenvalue weighted by Crippen LogP contribution is 2.69. The van der Waals surface area contributed by atoms with Crippen molar-refractivity contribution in [3.05, 3.63) is 34.9 Å². The van der Waals surface area contributed by atoms with Gasteiger partial charge in [0.2, 0.25) is 5.79 Å². The average molecular weight is 267 g/mol. The molecule has 0 aromatic heterocycles. The summed E-state index contributed by atoms with van der Waals surface area (Å²) in [4.78, 5) is 0. The van der Waals surface area contributed by atoms with Crippen LogP contribution >= 0.6 is 11.6 Å². The minimum Gasteiger partial charge on any atom is -0.350 e. The summed E-state index contributed by atoms with van der Waals surface area (Å²) in [5.41, 5.74) is 1.23. The second kappa shape index (κ2) is 3.72. The van der Waals surface area contributed by atoms with Gasteiger partial charge in [-0.3, -0.25) is 0 Å². The molecule has 1 saturated carbocycles. The first-order chi connectivity index (χ1) is 8.45. The van der Waals surface area contributed by atoms with Gasteiger partial charge in [0.1, 0.15) is 5.60 Å². The average Bonchev–Trinajstić information content (AvgIpc) is 2.95. The Hall–Kier alpha value is -0.570. The molecule has 98 valence electrons. The number of ether oxygens (including phenoxy) is 2. The number of hydrogen-bond acceptors (Lipinski definition) is 2. The Morgan fingerprint density at radius 1 is 1.22 bits per heavy atom. The van der Waals surface area contributed by atoms with E-state index >= 15 is 0 Å². The minimum atomic E-state index is -0.389. The Morgan fingerprint density at radius 2 is 1.89 bits per heavy atom. The van der Waals surface area contributed by atoms with Gasteiger partial charge < -0.3 is 9.47 Å².